The van der Waals surface area contributed by atoms with Gasteiger partial charge in [-0.25, -0.2) is 4.98 Å². The van der Waals surface area contributed by atoms with Crippen LogP contribution in [0.25, 0.3) is 11.0 Å². The zero-order valence-corrected chi connectivity index (χ0v) is 18.3. The summed E-state index contributed by atoms with van der Waals surface area (Å²) in [7, 11) is 0. The molecule has 7 nitrogen and oxygen atoms in total. The first-order chi connectivity index (χ1) is 14.7. The molecule has 0 saturated carbocycles. The molecule has 0 bridgehead atoms. The lowest BCUT2D eigenvalue weighted by atomic mass is 9.96. The Morgan fingerprint density at radius 3 is 2.81 bits per heavy atom. The van der Waals surface area contributed by atoms with Gasteiger partial charge in [-0.3, -0.25) is 9.69 Å². The molecule has 2 atom stereocenters. The summed E-state index contributed by atoms with van der Waals surface area (Å²) in [5.74, 6) is 2.22. The molecule has 2 aromatic carbocycles. The largest absolute Gasteiger partial charge is 0.486 e. The Labute approximate surface area is 187 Å². The fourth-order valence-corrected chi connectivity index (χ4v) is 4.39. The van der Waals surface area contributed by atoms with Crippen molar-refractivity contribution in [2.75, 3.05) is 26.3 Å². The maximum atomic E-state index is 12.9. The van der Waals surface area contributed by atoms with Gasteiger partial charge in [-0.05, 0) is 49.7 Å². The predicted octanol–water partition coefficient (Wildman–Crippen LogP) is 3.71. The quantitative estimate of drug-likeness (QED) is 0.643. The molecule has 1 amide bonds. The smallest absolute Gasteiger partial charge is 0.251 e. The SMILES string of the molecule is CCN1CC[C@@H](NC(=O)c2ccc3c(c2)OCCO3)C[C@@H]1c1nc2ccccc2[nH]1.Cl. The van der Waals surface area contributed by atoms with E-state index in [-0.39, 0.29) is 30.4 Å². The van der Waals surface area contributed by atoms with E-state index in [1.807, 2.05) is 24.3 Å². The van der Waals surface area contributed by atoms with Crippen molar-refractivity contribution in [2.45, 2.75) is 31.8 Å². The number of fused-ring (bicyclic) bond motifs is 2. The van der Waals surface area contributed by atoms with Gasteiger partial charge < -0.3 is 19.8 Å². The summed E-state index contributed by atoms with van der Waals surface area (Å²) in [5, 5.41) is 3.22. The Balaban J connectivity index is 0.00000231. The van der Waals surface area contributed by atoms with Crippen LogP contribution in [0.1, 0.15) is 42.0 Å². The molecule has 0 radical (unpaired) electrons. The minimum absolute atomic E-state index is 0. The van der Waals surface area contributed by atoms with E-state index in [2.05, 4.69) is 22.1 Å². The predicted molar refractivity (Wildman–Crippen MR) is 121 cm³/mol. The van der Waals surface area contributed by atoms with Crippen LogP contribution in [0.4, 0.5) is 0 Å². The van der Waals surface area contributed by atoms with E-state index in [1.165, 1.54) is 0 Å². The normalized spacial score (nSPS) is 20.8. The second kappa shape index (κ2) is 9.16. The highest BCUT2D eigenvalue weighted by atomic mass is 35.5. The molecule has 1 saturated heterocycles. The number of nitrogens with one attached hydrogen (secondary N) is 2. The third-order valence-electron chi connectivity index (χ3n) is 5.98. The zero-order chi connectivity index (χ0) is 20.5. The maximum absolute atomic E-state index is 12.9. The second-order valence-electron chi connectivity index (χ2n) is 7.84. The molecule has 3 aromatic rings. The third-order valence-corrected chi connectivity index (χ3v) is 5.98. The lowest BCUT2D eigenvalue weighted by Gasteiger charge is -2.38. The molecule has 2 aliphatic heterocycles. The summed E-state index contributed by atoms with van der Waals surface area (Å²) in [6.07, 6.45) is 1.74. The lowest BCUT2D eigenvalue weighted by molar-refractivity contribution is 0.0859. The van der Waals surface area contributed by atoms with Gasteiger partial charge in [0.25, 0.3) is 5.91 Å². The highest BCUT2D eigenvalue weighted by Gasteiger charge is 2.31. The van der Waals surface area contributed by atoms with Crippen LogP contribution in [-0.2, 0) is 0 Å². The van der Waals surface area contributed by atoms with Crippen LogP contribution in [0.3, 0.4) is 0 Å². The van der Waals surface area contributed by atoms with Crippen LogP contribution in [0.5, 0.6) is 11.5 Å². The van der Waals surface area contributed by atoms with Gasteiger partial charge >= 0.3 is 0 Å². The van der Waals surface area contributed by atoms with Gasteiger partial charge in [-0.15, -0.1) is 12.4 Å². The van der Waals surface area contributed by atoms with E-state index >= 15 is 0 Å². The Morgan fingerprint density at radius 1 is 1.19 bits per heavy atom. The van der Waals surface area contributed by atoms with Crippen LogP contribution in [-0.4, -0.2) is 53.1 Å². The maximum Gasteiger partial charge on any atom is 0.251 e. The first kappa shape index (κ1) is 21.5. The van der Waals surface area contributed by atoms with Crippen molar-refractivity contribution < 1.29 is 14.3 Å². The van der Waals surface area contributed by atoms with E-state index in [9.17, 15) is 4.79 Å². The number of carbonyl (C=O) groups is 1. The van der Waals surface area contributed by atoms with Gasteiger partial charge in [-0.1, -0.05) is 19.1 Å². The number of likely N-dealkylation sites (tertiary alicyclic amines) is 1. The first-order valence-corrected chi connectivity index (χ1v) is 10.6. The Kier molecular flexibility index (Phi) is 6.34. The number of nitrogens with zero attached hydrogens (tertiary/aromatic N) is 2. The van der Waals surface area contributed by atoms with Crippen molar-refractivity contribution in [3.05, 3.63) is 53.9 Å². The number of hydrogen-bond donors (Lipinski definition) is 2. The van der Waals surface area contributed by atoms with Crippen molar-refractivity contribution in [3.63, 3.8) is 0 Å². The van der Waals surface area contributed by atoms with Crippen molar-refractivity contribution in [2.24, 2.45) is 0 Å². The van der Waals surface area contributed by atoms with Crippen molar-refractivity contribution in [3.8, 4) is 11.5 Å². The molecule has 164 valence electrons. The first-order valence-electron chi connectivity index (χ1n) is 10.6. The molecule has 0 aliphatic carbocycles. The van der Waals surface area contributed by atoms with Crippen molar-refractivity contribution >= 4 is 29.3 Å². The average molecular weight is 443 g/mol. The Bertz CT molecular complexity index is 1040. The van der Waals surface area contributed by atoms with E-state index in [0.29, 0.717) is 30.3 Å². The molecule has 2 N–H and O–H groups in total. The van der Waals surface area contributed by atoms with Crippen LogP contribution in [0.2, 0.25) is 0 Å². The highest BCUT2D eigenvalue weighted by molar-refractivity contribution is 5.95. The molecule has 8 heteroatoms. The molecule has 2 aliphatic rings. The fourth-order valence-electron chi connectivity index (χ4n) is 4.39. The minimum atomic E-state index is -0.0784. The molecule has 0 spiro atoms. The summed E-state index contributed by atoms with van der Waals surface area (Å²) >= 11 is 0. The summed E-state index contributed by atoms with van der Waals surface area (Å²) < 4.78 is 11.2. The Hall–Kier alpha value is -2.77. The van der Waals surface area contributed by atoms with Gasteiger partial charge in [-0.2, -0.15) is 0 Å². The number of H-pyrrole nitrogens is 1. The Morgan fingerprint density at radius 2 is 2.00 bits per heavy atom. The van der Waals surface area contributed by atoms with Crippen molar-refractivity contribution in [1.29, 1.82) is 0 Å². The van der Waals surface area contributed by atoms with Gasteiger partial charge in [0.05, 0.1) is 17.1 Å². The number of para-hydroxylation sites is 2. The summed E-state index contributed by atoms with van der Waals surface area (Å²) in [5.41, 5.74) is 2.62. The zero-order valence-electron chi connectivity index (χ0n) is 17.5. The lowest BCUT2D eigenvalue weighted by Crippen LogP contribution is -2.46. The van der Waals surface area contributed by atoms with Crippen LogP contribution in [0, 0.1) is 0 Å². The minimum Gasteiger partial charge on any atom is -0.486 e. The number of piperidine rings is 1. The van der Waals surface area contributed by atoms with Crippen LogP contribution < -0.4 is 14.8 Å². The third kappa shape index (κ3) is 4.34. The van der Waals surface area contributed by atoms with Gasteiger partial charge in [0.2, 0.25) is 0 Å². The number of amides is 1. The number of aromatic nitrogens is 2. The number of halogens is 1. The molecule has 0 unspecified atom stereocenters. The summed E-state index contributed by atoms with van der Waals surface area (Å²) in [6, 6.07) is 13.7. The molecule has 1 fully saturated rings. The molecule has 31 heavy (non-hydrogen) atoms. The summed E-state index contributed by atoms with van der Waals surface area (Å²) in [4.78, 5) is 23.6. The highest BCUT2D eigenvalue weighted by Crippen LogP contribution is 2.32. The van der Waals surface area contributed by atoms with Crippen LogP contribution >= 0.6 is 12.4 Å². The number of aromatic amines is 1. The topological polar surface area (TPSA) is 79.5 Å². The second-order valence-corrected chi connectivity index (χ2v) is 7.84. The monoisotopic (exact) mass is 442 g/mol. The molecule has 3 heterocycles. The molecule has 5 rings (SSSR count). The number of ether oxygens (including phenoxy) is 2. The van der Waals surface area contributed by atoms with E-state index in [1.54, 1.807) is 18.2 Å². The number of carbonyl (C=O) groups excluding carboxylic acids is 1. The van der Waals surface area contributed by atoms with Crippen molar-refractivity contribution in [1.82, 2.24) is 20.2 Å². The number of hydrogen-bond acceptors (Lipinski definition) is 5. The molecular formula is C23H27ClN4O3. The number of benzene rings is 2. The number of imidazole rings is 1. The van der Waals surface area contributed by atoms with Gasteiger partial charge in [0.1, 0.15) is 19.0 Å². The molecule has 1 aromatic heterocycles. The fraction of sp³-hybridized carbons (Fsp3) is 0.391. The standard InChI is InChI=1S/C23H26N4O3.ClH/c1-2-27-10-9-16(14-19(27)22-25-17-5-3-4-6-18(17)26-22)24-23(28)15-7-8-20-21(13-15)30-12-11-29-20;/h3-8,13,16,19H,2,9-12,14H2,1H3,(H,24,28)(H,25,26);1H/t16-,19-;/m1./s1. The van der Waals surface area contributed by atoms with E-state index in [0.717, 1.165) is 42.8 Å². The summed E-state index contributed by atoms with van der Waals surface area (Å²) in [6.45, 7) is 5.09. The van der Waals surface area contributed by atoms with Crippen LogP contribution in [0.15, 0.2) is 42.5 Å². The number of rotatable bonds is 4. The van der Waals surface area contributed by atoms with Gasteiger partial charge in [0.15, 0.2) is 11.5 Å². The average Bonchev–Trinajstić information content (AvgIpc) is 3.23. The van der Waals surface area contributed by atoms with E-state index in [4.69, 9.17) is 14.5 Å². The van der Waals surface area contributed by atoms with E-state index < -0.39 is 0 Å². The molecular weight excluding hydrogens is 416 g/mol. The van der Waals surface area contributed by atoms with Gasteiger partial charge in [0, 0.05) is 18.2 Å².